The lowest BCUT2D eigenvalue weighted by molar-refractivity contribution is 0.617. The number of nitrogens with zero attached hydrogens (tertiary/aromatic N) is 1. The van der Waals surface area contributed by atoms with E-state index in [0.29, 0.717) is 12.1 Å². The van der Waals surface area contributed by atoms with Crippen molar-refractivity contribution < 1.29 is 4.39 Å². The quantitative estimate of drug-likeness (QED) is 0.304. The molecule has 120 valence electrons. The zero-order valence-electron chi connectivity index (χ0n) is 12.9. The Labute approximate surface area is 148 Å². The van der Waals surface area contributed by atoms with E-state index in [1.165, 1.54) is 18.2 Å². The van der Waals surface area contributed by atoms with Crippen molar-refractivity contribution in [2.24, 2.45) is 4.99 Å². The third-order valence-corrected chi connectivity index (χ3v) is 3.67. The Bertz CT molecular complexity index is 441. The summed E-state index contributed by atoms with van der Waals surface area (Å²) in [5.74, 6) is 1.82. The molecule has 0 bridgehead atoms. The maximum atomic E-state index is 13.2. The van der Waals surface area contributed by atoms with Gasteiger partial charge in [0.25, 0.3) is 0 Å². The van der Waals surface area contributed by atoms with Gasteiger partial charge < -0.3 is 10.6 Å². The molecule has 0 spiro atoms. The number of guanidine groups is 1. The Morgan fingerprint density at radius 1 is 1.29 bits per heavy atom. The summed E-state index contributed by atoms with van der Waals surface area (Å²) >= 11 is 1.87. The predicted octanol–water partition coefficient (Wildman–Crippen LogP) is 3.56. The highest BCUT2D eigenvalue weighted by Gasteiger charge is 2.01. The average molecular weight is 425 g/mol. The minimum Gasteiger partial charge on any atom is -0.356 e. The predicted molar refractivity (Wildman–Crippen MR) is 102 cm³/mol. The van der Waals surface area contributed by atoms with Crippen LogP contribution in [0, 0.1) is 12.7 Å². The number of halogens is 2. The molecule has 0 saturated heterocycles. The molecule has 0 aromatic heterocycles. The van der Waals surface area contributed by atoms with Gasteiger partial charge in [0.2, 0.25) is 0 Å². The summed E-state index contributed by atoms with van der Waals surface area (Å²) in [5.41, 5.74) is 1.72. The van der Waals surface area contributed by atoms with E-state index < -0.39 is 0 Å². The van der Waals surface area contributed by atoms with Crippen molar-refractivity contribution >= 4 is 41.7 Å². The van der Waals surface area contributed by atoms with Gasteiger partial charge in [0, 0.05) is 20.1 Å². The van der Waals surface area contributed by atoms with Crippen molar-refractivity contribution in [3.05, 3.63) is 35.1 Å². The molecule has 0 aliphatic carbocycles. The van der Waals surface area contributed by atoms with Crippen molar-refractivity contribution in [2.75, 3.05) is 25.6 Å². The number of hydrogen-bond donors (Lipinski definition) is 2. The average Bonchev–Trinajstić information content (AvgIpc) is 2.45. The van der Waals surface area contributed by atoms with Crippen molar-refractivity contribution in [1.29, 1.82) is 0 Å². The van der Waals surface area contributed by atoms with Crippen LogP contribution in [-0.2, 0) is 6.54 Å². The normalized spacial score (nSPS) is 11.0. The molecule has 0 radical (unpaired) electrons. The van der Waals surface area contributed by atoms with Gasteiger partial charge in [-0.2, -0.15) is 11.8 Å². The van der Waals surface area contributed by atoms with Crippen LogP contribution in [0.25, 0.3) is 0 Å². The first-order chi connectivity index (χ1) is 9.67. The lowest BCUT2D eigenvalue weighted by Gasteiger charge is -2.12. The highest BCUT2D eigenvalue weighted by molar-refractivity contribution is 14.0. The maximum absolute atomic E-state index is 13.2. The molecule has 0 heterocycles. The van der Waals surface area contributed by atoms with Crippen LogP contribution in [0.4, 0.5) is 4.39 Å². The number of hydrogen-bond acceptors (Lipinski definition) is 2. The highest BCUT2D eigenvalue weighted by Crippen LogP contribution is 2.08. The minimum atomic E-state index is -0.162. The molecule has 2 N–H and O–H groups in total. The summed E-state index contributed by atoms with van der Waals surface area (Å²) in [6, 6.07) is 5.15. The fourth-order valence-corrected chi connectivity index (χ4v) is 2.29. The summed E-state index contributed by atoms with van der Waals surface area (Å²) in [5, 5.41) is 6.51. The van der Waals surface area contributed by atoms with E-state index in [0.717, 1.165) is 24.5 Å². The topological polar surface area (TPSA) is 36.4 Å². The monoisotopic (exact) mass is 425 g/mol. The van der Waals surface area contributed by atoms with E-state index in [9.17, 15) is 4.39 Å². The zero-order valence-corrected chi connectivity index (χ0v) is 16.1. The van der Waals surface area contributed by atoms with Gasteiger partial charge in [0.15, 0.2) is 5.96 Å². The van der Waals surface area contributed by atoms with Crippen LogP contribution in [0.2, 0.25) is 0 Å². The molecule has 3 nitrogen and oxygen atoms in total. The fourth-order valence-electron chi connectivity index (χ4n) is 1.80. The fraction of sp³-hybridized carbons (Fsp3) is 0.533. The zero-order chi connectivity index (χ0) is 14.8. The second-order valence-electron chi connectivity index (χ2n) is 4.64. The lowest BCUT2D eigenvalue weighted by atomic mass is 10.1. The number of unbranched alkanes of at least 4 members (excludes halogenated alkanes) is 1. The smallest absolute Gasteiger partial charge is 0.191 e. The number of nitrogens with one attached hydrogen (secondary N) is 2. The Morgan fingerprint density at radius 2 is 2.05 bits per heavy atom. The second kappa shape index (κ2) is 12.1. The molecule has 0 atom stereocenters. The first-order valence-electron chi connectivity index (χ1n) is 6.86. The van der Waals surface area contributed by atoms with E-state index in [2.05, 4.69) is 21.9 Å². The highest BCUT2D eigenvalue weighted by atomic mass is 127. The van der Waals surface area contributed by atoms with Gasteiger partial charge in [-0.05, 0) is 49.0 Å². The largest absolute Gasteiger partial charge is 0.356 e. The van der Waals surface area contributed by atoms with Crippen LogP contribution in [0.1, 0.15) is 24.0 Å². The van der Waals surface area contributed by atoms with E-state index in [4.69, 9.17) is 0 Å². The van der Waals surface area contributed by atoms with Crippen LogP contribution < -0.4 is 10.6 Å². The van der Waals surface area contributed by atoms with Crippen LogP contribution in [0.5, 0.6) is 0 Å². The molecule has 0 fully saturated rings. The Balaban J connectivity index is 0.00000400. The molecule has 1 aromatic rings. The number of thioether (sulfide) groups is 1. The van der Waals surface area contributed by atoms with Crippen molar-refractivity contribution in [1.82, 2.24) is 10.6 Å². The molecule has 0 amide bonds. The Morgan fingerprint density at radius 3 is 2.67 bits per heavy atom. The second-order valence-corrected chi connectivity index (χ2v) is 5.62. The van der Waals surface area contributed by atoms with E-state index in [1.807, 2.05) is 17.8 Å². The van der Waals surface area contributed by atoms with Crippen LogP contribution in [0.15, 0.2) is 23.2 Å². The molecular formula is C15H25FIN3S. The van der Waals surface area contributed by atoms with E-state index in [1.54, 1.807) is 20.0 Å². The minimum absolute atomic E-state index is 0. The van der Waals surface area contributed by atoms with Gasteiger partial charge in [0.05, 0.1) is 0 Å². The van der Waals surface area contributed by atoms with Gasteiger partial charge in [-0.3, -0.25) is 4.99 Å². The molecule has 6 heteroatoms. The molecule has 0 unspecified atom stereocenters. The van der Waals surface area contributed by atoms with Crippen molar-refractivity contribution in [3.8, 4) is 0 Å². The molecule has 21 heavy (non-hydrogen) atoms. The number of benzene rings is 1. The summed E-state index contributed by atoms with van der Waals surface area (Å²) in [6.45, 7) is 3.34. The summed E-state index contributed by atoms with van der Waals surface area (Å²) in [7, 11) is 1.76. The molecule has 1 rings (SSSR count). The van der Waals surface area contributed by atoms with Crippen molar-refractivity contribution in [3.63, 3.8) is 0 Å². The van der Waals surface area contributed by atoms with E-state index in [-0.39, 0.29) is 29.8 Å². The molecular weight excluding hydrogens is 400 g/mol. The van der Waals surface area contributed by atoms with Crippen LogP contribution in [0.3, 0.4) is 0 Å². The van der Waals surface area contributed by atoms with Crippen LogP contribution >= 0.6 is 35.7 Å². The standard InChI is InChI=1S/C15H24FN3S.HI/c1-12-10-13(6-7-14(12)16)11-19-15(17-2)18-8-4-5-9-20-3;/h6-7,10H,4-5,8-9,11H2,1-3H3,(H2,17,18,19);1H. The van der Waals surface area contributed by atoms with Gasteiger partial charge in [-0.15, -0.1) is 24.0 Å². The van der Waals surface area contributed by atoms with E-state index >= 15 is 0 Å². The number of rotatable bonds is 7. The van der Waals surface area contributed by atoms with Gasteiger partial charge >= 0.3 is 0 Å². The molecule has 1 aromatic carbocycles. The number of aliphatic imine (C=N–C) groups is 1. The summed E-state index contributed by atoms with van der Waals surface area (Å²) in [6.07, 6.45) is 4.47. The lowest BCUT2D eigenvalue weighted by Crippen LogP contribution is -2.37. The van der Waals surface area contributed by atoms with Gasteiger partial charge in [-0.25, -0.2) is 4.39 Å². The van der Waals surface area contributed by atoms with Gasteiger partial charge in [0.1, 0.15) is 5.82 Å². The molecule has 0 saturated carbocycles. The number of aryl methyl sites for hydroxylation is 1. The first kappa shape index (κ1) is 20.5. The van der Waals surface area contributed by atoms with Crippen molar-refractivity contribution in [2.45, 2.75) is 26.3 Å². The first-order valence-corrected chi connectivity index (χ1v) is 8.25. The Kier molecular flexibility index (Phi) is 11.8. The summed E-state index contributed by atoms with van der Waals surface area (Å²) in [4.78, 5) is 4.18. The third kappa shape index (κ3) is 8.50. The molecule has 0 aliphatic heterocycles. The van der Waals surface area contributed by atoms with Crippen LogP contribution in [-0.4, -0.2) is 31.6 Å². The molecule has 0 aliphatic rings. The third-order valence-electron chi connectivity index (χ3n) is 2.97. The Hall–Kier alpha value is -0.500. The van der Waals surface area contributed by atoms with Gasteiger partial charge in [-0.1, -0.05) is 12.1 Å². The SMILES string of the molecule is CN=C(NCCCCSC)NCc1ccc(F)c(C)c1.I. The summed E-state index contributed by atoms with van der Waals surface area (Å²) < 4.78 is 13.2. The maximum Gasteiger partial charge on any atom is 0.191 e.